The van der Waals surface area contributed by atoms with Crippen LogP contribution in [0.15, 0.2) is 61.1 Å². The number of Topliss-reactive ketones (excluding diaryl/α,β-unsaturated/α-hetero) is 1. The predicted molar refractivity (Wildman–Crippen MR) is 84.2 cm³/mol. The number of thioether (sulfide) groups is 1. The van der Waals surface area contributed by atoms with Gasteiger partial charge in [-0.05, 0) is 35.5 Å². The van der Waals surface area contributed by atoms with Crippen LogP contribution in [-0.2, 0) is 4.79 Å². The lowest BCUT2D eigenvalue weighted by Crippen LogP contribution is -2.22. The number of ketones is 1. The van der Waals surface area contributed by atoms with Crippen LogP contribution in [0.25, 0.3) is 0 Å². The van der Waals surface area contributed by atoms with Crippen LogP contribution in [0.5, 0.6) is 0 Å². The van der Waals surface area contributed by atoms with E-state index in [4.69, 9.17) is 5.73 Å². The Morgan fingerprint density at radius 1 is 1.40 bits per heavy atom. The van der Waals surface area contributed by atoms with Crippen molar-refractivity contribution in [2.24, 2.45) is 5.73 Å². The van der Waals surface area contributed by atoms with Crippen LogP contribution >= 0.6 is 11.8 Å². The molecule has 1 aromatic heterocycles. The Kier molecular flexibility index (Phi) is 5.18. The van der Waals surface area contributed by atoms with E-state index in [-0.39, 0.29) is 16.3 Å². The molecule has 0 aromatic carbocycles. The van der Waals surface area contributed by atoms with Crippen molar-refractivity contribution in [2.75, 3.05) is 0 Å². The maximum absolute atomic E-state index is 12.0. The Morgan fingerprint density at radius 2 is 2.15 bits per heavy atom. The lowest BCUT2D eigenvalue weighted by molar-refractivity contribution is -0.119. The Labute approximate surface area is 123 Å². The smallest absolute Gasteiger partial charge is 0.135 e. The summed E-state index contributed by atoms with van der Waals surface area (Å²) in [6, 6.07) is 3.95. The predicted octanol–water partition coefficient (Wildman–Crippen LogP) is 3.17. The van der Waals surface area contributed by atoms with E-state index in [1.54, 1.807) is 30.2 Å². The number of nitrogens with zero attached hydrogens (tertiary/aromatic N) is 1. The fourth-order valence-corrected chi connectivity index (χ4v) is 3.87. The maximum Gasteiger partial charge on any atom is 0.135 e. The van der Waals surface area contributed by atoms with Gasteiger partial charge in [0.1, 0.15) is 5.78 Å². The summed E-state index contributed by atoms with van der Waals surface area (Å²) in [5.41, 5.74) is 7.68. The summed E-state index contributed by atoms with van der Waals surface area (Å²) < 4.78 is 0. The molecule has 0 aliphatic carbocycles. The first kappa shape index (κ1) is 14.6. The van der Waals surface area contributed by atoms with Gasteiger partial charge in [-0.25, -0.2) is 0 Å². The molecule has 2 N–H and O–H groups in total. The fourth-order valence-electron chi connectivity index (χ4n) is 2.28. The van der Waals surface area contributed by atoms with Crippen molar-refractivity contribution >= 4 is 17.5 Å². The molecule has 1 aliphatic rings. The van der Waals surface area contributed by atoms with E-state index in [0.717, 1.165) is 11.1 Å². The van der Waals surface area contributed by atoms with Crippen LogP contribution in [0.1, 0.15) is 23.7 Å². The van der Waals surface area contributed by atoms with E-state index in [0.29, 0.717) is 12.8 Å². The highest BCUT2D eigenvalue weighted by atomic mass is 32.2. The number of nitrogens with two attached hydrogens (primary N) is 1. The number of hydrogen-bond donors (Lipinski definition) is 1. The highest BCUT2D eigenvalue weighted by molar-refractivity contribution is 8.00. The maximum atomic E-state index is 12.0. The Morgan fingerprint density at radius 3 is 2.80 bits per heavy atom. The number of allylic oxidation sites excluding steroid dienone is 3. The van der Waals surface area contributed by atoms with Crippen LogP contribution in [0, 0.1) is 0 Å². The molecule has 0 radical (unpaired) electrons. The molecule has 1 saturated heterocycles. The molecular formula is C16H18N2OS. The SMILES string of the molecule is C=C/C=C(\C=C/N)C1CC(=O)CC(c2ccncc2)S1. The summed E-state index contributed by atoms with van der Waals surface area (Å²) in [6.07, 6.45) is 11.7. The van der Waals surface area contributed by atoms with Gasteiger partial charge in [0.25, 0.3) is 0 Å². The van der Waals surface area contributed by atoms with Crippen molar-refractivity contribution in [1.29, 1.82) is 0 Å². The molecule has 2 atom stereocenters. The second-order valence-electron chi connectivity index (χ2n) is 4.60. The first-order chi connectivity index (χ1) is 9.74. The van der Waals surface area contributed by atoms with Crippen molar-refractivity contribution < 1.29 is 4.79 Å². The van der Waals surface area contributed by atoms with E-state index >= 15 is 0 Å². The lowest BCUT2D eigenvalue weighted by Gasteiger charge is -2.29. The summed E-state index contributed by atoms with van der Waals surface area (Å²) in [4.78, 5) is 16.1. The second kappa shape index (κ2) is 7.10. The van der Waals surface area contributed by atoms with Gasteiger partial charge in [-0.15, -0.1) is 11.8 Å². The standard InChI is InChI=1S/C16H18N2OS/c1-2-3-12(4-7-17)15-10-14(19)11-16(20-15)13-5-8-18-9-6-13/h2-9,15-16H,1,10-11,17H2/b7-4-,12-3+. The molecule has 3 nitrogen and oxygen atoms in total. The average Bonchev–Trinajstić information content (AvgIpc) is 2.47. The molecule has 20 heavy (non-hydrogen) atoms. The summed E-state index contributed by atoms with van der Waals surface area (Å²) >= 11 is 1.80. The molecular weight excluding hydrogens is 268 g/mol. The molecule has 4 heteroatoms. The number of carbonyl (C=O) groups is 1. The van der Waals surface area contributed by atoms with Gasteiger partial charge in [0.2, 0.25) is 0 Å². The van der Waals surface area contributed by atoms with E-state index in [2.05, 4.69) is 11.6 Å². The van der Waals surface area contributed by atoms with Gasteiger partial charge in [-0.2, -0.15) is 0 Å². The highest BCUT2D eigenvalue weighted by Gasteiger charge is 2.30. The Hall–Kier alpha value is -1.81. The van der Waals surface area contributed by atoms with Gasteiger partial charge in [-0.1, -0.05) is 18.7 Å². The largest absolute Gasteiger partial charge is 0.405 e. The van der Waals surface area contributed by atoms with Crippen LogP contribution < -0.4 is 5.73 Å². The number of aromatic nitrogens is 1. The van der Waals surface area contributed by atoms with Crippen molar-refractivity contribution in [3.8, 4) is 0 Å². The van der Waals surface area contributed by atoms with Crippen LogP contribution in [0.3, 0.4) is 0 Å². The minimum atomic E-state index is 0.132. The second-order valence-corrected chi connectivity index (χ2v) is 6.01. The van der Waals surface area contributed by atoms with E-state index in [1.807, 2.05) is 24.3 Å². The normalized spacial score (nSPS) is 24.0. The van der Waals surface area contributed by atoms with Gasteiger partial charge in [0, 0.05) is 35.7 Å². The third kappa shape index (κ3) is 3.61. The van der Waals surface area contributed by atoms with Crippen molar-refractivity contribution in [3.63, 3.8) is 0 Å². The molecule has 0 amide bonds. The van der Waals surface area contributed by atoms with E-state index < -0.39 is 0 Å². The molecule has 1 aliphatic heterocycles. The fraction of sp³-hybridized carbons (Fsp3) is 0.250. The minimum Gasteiger partial charge on any atom is -0.405 e. The third-order valence-electron chi connectivity index (χ3n) is 3.20. The molecule has 104 valence electrons. The zero-order valence-corrected chi connectivity index (χ0v) is 12.1. The monoisotopic (exact) mass is 286 g/mol. The molecule has 1 fully saturated rings. The summed E-state index contributed by atoms with van der Waals surface area (Å²) in [7, 11) is 0. The van der Waals surface area contributed by atoms with Gasteiger partial charge in [0.15, 0.2) is 0 Å². The topological polar surface area (TPSA) is 56.0 Å². The van der Waals surface area contributed by atoms with E-state index in [1.165, 1.54) is 6.20 Å². The molecule has 2 unspecified atom stereocenters. The Balaban J connectivity index is 2.22. The molecule has 0 bridgehead atoms. The zero-order valence-electron chi connectivity index (χ0n) is 11.2. The number of rotatable bonds is 4. The zero-order chi connectivity index (χ0) is 14.4. The van der Waals surface area contributed by atoms with Crippen molar-refractivity contribution in [2.45, 2.75) is 23.3 Å². The first-order valence-electron chi connectivity index (χ1n) is 6.52. The Bertz CT molecular complexity index is 537. The number of pyridine rings is 1. The minimum absolute atomic E-state index is 0.132. The van der Waals surface area contributed by atoms with Gasteiger partial charge in [-0.3, -0.25) is 9.78 Å². The van der Waals surface area contributed by atoms with Crippen LogP contribution in [-0.4, -0.2) is 16.0 Å². The van der Waals surface area contributed by atoms with Gasteiger partial charge >= 0.3 is 0 Å². The van der Waals surface area contributed by atoms with Gasteiger partial charge < -0.3 is 5.73 Å². The summed E-state index contributed by atoms with van der Waals surface area (Å²) in [5, 5.41) is 0.316. The first-order valence-corrected chi connectivity index (χ1v) is 7.47. The quantitative estimate of drug-likeness (QED) is 0.864. The number of hydrogen-bond acceptors (Lipinski definition) is 4. The van der Waals surface area contributed by atoms with Gasteiger partial charge in [0.05, 0.1) is 0 Å². The highest BCUT2D eigenvalue weighted by Crippen LogP contribution is 2.43. The van der Waals surface area contributed by atoms with E-state index in [9.17, 15) is 4.79 Å². The van der Waals surface area contributed by atoms with Crippen LogP contribution in [0.4, 0.5) is 0 Å². The molecule has 2 heterocycles. The summed E-state index contributed by atoms with van der Waals surface area (Å²) in [6.45, 7) is 3.72. The lowest BCUT2D eigenvalue weighted by atomic mass is 10.0. The molecule has 0 spiro atoms. The average molecular weight is 286 g/mol. The molecule has 2 rings (SSSR count). The third-order valence-corrected chi connectivity index (χ3v) is 4.74. The molecule has 0 saturated carbocycles. The summed E-state index contributed by atoms with van der Waals surface area (Å²) in [5.74, 6) is 0.288. The van der Waals surface area contributed by atoms with Crippen molar-refractivity contribution in [1.82, 2.24) is 4.98 Å². The van der Waals surface area contributed by atoms with Crippen LogP contribution in [0.2, 0.25) is 0 Å². The van der Waals surface area contributed by atoms with Crippen molar-refractivity contribution in [3.05, 3.63) is 66.7 Å². The number of carbonyl (C=O) groups excluding carboxylic acids is 1. The molecule has 1 aromatic rings.